The maximum Gasteiger partial charge on any atom is 0.374 e. The SMILES string of the molecule is C.CC(C)(C)C(=O)Nc1cccc(O)c1C=O.CC1=C(CBr)C(C)(C)CCC1.CC1=C(CNc2cccc3oc(/C=C/C(=O)O)cc23)C(C)(C)CCC1.CCOC(=O)C=Cc1cc2c(N)cccc2o1.CCOC(=O)c1cc2c(NC(=O)C(C)(C)C)cccc2o1.COCOc1cccc(NC(=O)C(C)(C)C)c1.Nc1cccc2oc(CO)cc12.[B]C(=O)Nc1cccc2oc(C=O)cc12. The van der Waals surface area contributed by atoms with Gasteiger partial charge < -0.3 is 94.4 Å². The highest BCUT2D eigenvalue weighted by Crippen LogP contribution is 2.43. The Labute approximate surface area is 798 Å². The number of fused-ring (bicyclic) bond motifs is 5. The predicted octanol–water partition coefficient (Wildman–Crippen LogP) is 24.5. The Balaban J connectivity index is 0.000000239. The van der Waals surface area contributed by atoms with Crippen molar-refractivity contribution < 1.29 is 99.5 Å². The van der Waals surface area contributed by atoms with Gasteiger partial charge in [-0.1, -0.05) is 173 Å². The summed E-state index contributed by atoms with van der Waals surface area (Å²) in [5.74, 6) is -0.349. The van der Waals surface area contributed by atoms with Gasteiger partial charge in [0.05, 0.1) is 35.8 Å². The first-order chi connectivity index (χ1) is 63.3. The number of allylic oxidation sites excluding steroid dienone is 3. The van der Waals surface area contributed by atoms with E-state index in [1.165, 1.54) is 67.9 Å². The molecule has 0 fully saturated rings. The summed E-state index contributed by atoms with van der Waals surface area (Å²) in [4.78, 5) is 101. The topological polar surface area (TPSA) is 429 Å². The number of carbonyl (C=O) groups excluding carboxylic acids is 8. The number of aliphatic carboxylic acids is 1. The molecule has 5 heterocycles. The van der Waals surface area contributed by atoms with Crippen LogP contribution in [0.25, 0.3) is 67.0 Å². The lowest BCUT2D eigenvalue weighted by Gasteiger charge is -2.35. The first kappa shape index (κ1) is 110. The third-order valence-electron chi connectivity index (χ3n) is 21.2. The average molecular weight is 1910 g/mol. The van der Waals surface area contributed by atoms with Crippen LogP contribution in [-0.4, -0.2) is 116 Å². The molecule has 5 aromatic heterocycles. The summed E-state index contributed by atoms with van der Waals surface area (Å²) < 4.78 is 46.9. The third-order valence-corrected chi connectivity index (χ3v) is 21.7. The number of phenolic OH excluding ortho intramolecular Hbond substituents is 1. The zero-order valence-corrected chi connectivity index (χ0v) is 80.9. The number of halogens is 1. The van der Waals surface area contributed by atoms with E-state index in [1.807, 2.05) is 108 Å². The number of amides is 4. The van der Waals surface area contributed by atoms with Gasteiger partial charge in [0.2, 0.25) is 31.3 Å². The van der Waals surface area contributed by atoms with Gasteiger partial charge >= 0.3 is 17.9 Å². The number of rotatable bonds is 21. The minimum atomic E-state index is -0.985. The van der Waals surface area contributed by atoms with E-state index in [0.717, 1.165) is 56.7 Å². The number of anilines is 7. The van der Waals surface area contributed by atoms with Gasteiger partial charge in [0.1, 0.15) is 63.3 Å². The van der Waals surface area contributed by atoms with E-state index in [9.17, 15) is 48.3 Å². The van der Waals surface area contributed by atoms with Gasteiger partial charge in [-0.25, -0.2) is 14.4 Å². The number of aliphatic hydroxyl groups is 1. The molecule has 28 nitrogen and oxygen atoms in total. The molecule has 2 aliphatic carbocycles. The van der Waals surface area contributed by atoms with Crippen LogP contribution in [0.1, 0.15) is 212 Å². The first-order valence-corrected chi connectivity index (χ1v) is 44.7. The molecule has 0 aliphatic heterocycles. The minimum absolute atomic E-state index is 0. The zero-order valence-electron chi connectivity index (χ0n) is 79.3. The number of aliphatic hydroxyl groups excluding tert-OH is 1. The van der Waals surface area contributed by atoms with Crippen LogP contribution in [0.4, 0.5) is 44.6 Å². The molecule has 30 heteroatoms. The molecule has 0 saturated carbocycles. The van der Waals surface area contributed by atoms with E-state index in [2.05, 4.69) is 84.1 Å². The van der Waals surface area contributed by atoms with Crippen molar-refractivity contribution in [3.8, 4) is 11.5 Å². The van der Waals surface area contributed by atoms with Gasteiger partial charge in [-0.2, -0.15) is 0 Å². The molecule has 4 amide bonds. The number of alkyl halides is 1. The van der Waals surface area contributed by atoms with Gasteiger partial charge in [0.25, 0.3) is 0 Å². The lowest BCUT2D eigenvalue weighted by molar-refractivity contribution is -0.137. The summed E-state index contributed by atoms with van der Waals surface area (Å²) in [5, 5.41) is 46.4. The second-order valence-corrected chi connectivity index (χ2v) is 36.3. The highest BCUT2D eigenvalue weighted by molar-refractivity contribution is 9.09. The average Bonchev–Trinajstić information content (AvgIpc) is 1.13. The lowest BCUT2D eigenvalue weighted by Crippen LogP contribution is -2.28. The van der Waals surface area contributed by atoms with E-state index in [4.69, 9.17) is 70.6 Å². The van der Waals surface area contributed by atoms with Crippen molar-refractivity contribution in [3.63, 3.8) is 0 Å². The number of methoxy groups -OCH3 is 1. The standard InChI is InChI=1S/C21H25NO3.C16H19NO4.C13H13NO3.C13H19NO3.C12H15NO3.C10H6BNO3.C10H17Br.C9H9NO2.CH4/c1-14-6-5-11-21(2,3)17(14)13-22-18-7-4-8-19-16(18)12-15(25-19)9-10-20(23)24;1-5-20-14(18)13-9-10-11(7-6-8-12(10)21-13)17-15(19)16(2,3)4;1-2-16-13(15)7-6-9-8-10-11(14)4-3-5-12(10)17-9;1-13(2,3)12(15)14-10-6-5-7-11(8-10)17-9-16-4;1-12(2,3)11(16)13-9-5-4-6-10(15)8(9)7-14;11-10(14)12-8-2-1-3-9-7(8)4-6(5-13)15-9;1-8-5-4-6-10(2,3)9(8)7-11;10-8-2-1-3-9-7(8)4-6(5-11)12-9;/h4,7-10,12,22H,5-6,11,13H2,1-3H3,(H,23,24);6-9H,5H2,1-4H3,(H,17,19);3-8H,2,14H2,1H3;5-8H,9H2,1-4H3,(H,14,15);4-7,15H,1-3H3,(H,13,16);1-5H,(H,12,14);4-7H2,1-3H3;1-4,11H,5,10H2;1H4/b10-9+;;;;;;;;. The van der Waals surface area contributed by atoms with Crippen molar-refractivity contribution in [2.45, 2.75) is 170 Å². The van der Waals surface area contributed by atoms with Crippen molar-refractivity contribution in [3.05, 3.63) is 233 Å². The van der Waals surface area contributed by atoms with Crippen molar-refractivity contribution in [1.82, 2.24) is 0 Å². The molecule has 14 rings (SSSR count). The molecule has 12 N–H and O–H groups in total. The Morgan fingerprint density at radius 2 is 0.970 bits per heavy atom. The van der Waals surface area contributed by atoms with E-state index in [1.54, 1.807) is 150 Å². The number of carboxylic acids is 1. The number of carboxylic acid groups (broad SMARTS) is 1. The van der Waals surface area contributed by atoms with Crippen LogP contribution < -0.4 is 42.8 Å². The fraction of sp³-hybridized carbons (Fsp3) is 0.343. The fourth-order valence-electron chi connectivity index (χ4n) is 13.8. The monoisotopic (exact) mass is 1910 g/mol. The largest absolute Gasteiger partial charge is 0.507 e. The molecule has 135 heavy (non-hydrogen) atoms. The molecule has 718 valence electrons. The number of furan rings is 5. The third kappa shape index (κ3) is 33.2. The quantitative estimate of drug-likeness (QED) is 0.00467. The predicted molar refractivity (Wildman–Crippen MR) is 541 cm³/mol. The van der Waals surface area contributed by atoms with E-state index in [0.29, 0.717) is 104 Å². The molecule has 0 saturated heterocycles. The van der Waals surface area contributed by atoms with E-state index < -0.39 is 34.0 Å². The number of nitrogens with one attached hydrogen (secondary N) is 5. The number of ether oxygens (including phenoxy) is 4. The summed E-state index contributed by atoms with van der Waals surface area (Å²) >= 11 is 3.57. The zero-order chi connectivity index (χ0) is 99.0. The normalized spacial score (nSPS) is 13.1. The maximum atomic E-state index is 12.1. The number of benzene rings is 7. The summed E-state index contributed by atoms with van der Waals surface area (Å²) in [5.41, 5.74) is 24.8. The van der Waals surface area contributed by atoms with Gasteiger partial charge in [-0.3, -0.25) is 28.8 Å². The second kappa shape index (κ2) is 51.0. The van der Waals surface area contributed by atoms with E-state index >= 15 is 0 Å². The Morgan fingerprint density at radius 1 is 0.526 bits per heavy atom. The van der Waals surface area contributed by atoms with Crippen LogP contribution in [0.5, 0.6) is 11.5 Å². The molecule has 0 atom stereocenters. The number of carbonyl (C=O) groups is 9. The number of esters is 2. The van der Waals surface area contributed by atoms with Gasteiger partial charge in [-0.15, -0.1) is 0 Å². The molecule has 2 radical (unpaired) electrons. The van der Waals surface area contributed by atoms with E-state index in [-0.39, 0.29) is 79.4 Å². The molecule has 0 unspecified atom stereocenters. The number of hydrogen-bond donors (Lipinski definition) is 10. The summed E-state index contributed by atoms with van der Waals surface area (Å²) in [7, 11) is 6.57. The van der Waals surface area contributed by atoms with Crippen LogP contribution in [0, 0.1) is 27.1 Å². The number of phenols is 1. The number of aldehydes is 2. The Morgan fingerprint density at radius 3 is 1.46 bits per heavy atom. The van der Waals surface area contributed by atoms with Crippen LogP contribution >= 0.6 is 15.9 Å². The van der Waals surface area contributed by atoms with Crippen molar-refractivity contribution in [1.29, 1.82) is 0 Å². The highest BCUT2D eigenvalue weighted by atomic mass is 79.9. The van der Waals surface area contributed by atoms with Crippen LogP contribution in [0.15, 0.2) is 220 Å². The van der Waals surface area contributed by atoms with Crippen molar-refractivity contribution in [2.75, 3.05) is 77.0 Å². The molecule has 0 spiro atoms. The molecule has 2 aliphatic rings. The molecule has 7 aromatic carbocycles. The Bertz CT molecular complexity index is 6210. The molecule has 0 bridgehead atoms. The second-order valence-electron chi connectivity index (χ2n) is 35.7. The molecular formula is C105H127BBrN7O21. The number of aromatic hydroxyl groups is 1. The van der Waals surface area contributed by atoms with Crippen LogP contribution in [-0.2, 0) is 44.8 Å². The van der Waals surface area contributed by atoms with Gasteiger partial charge in [0, 0.05) is 109 Å². The summed E-state index contributed by atoms with van der Waals surface area (Å²) in [6.07, 6.45) is 14.3. The smallest absolute Gasteiger partial charge is 0.374 e. The summed E-state index contributed by atoms with van der Waals surface area (Å²) in [6.45, 7) is 35.3. The van der Waals surface area contributed by atoms with Crippen LogP contribution in [0.2, 0.25) is 0 Å². The summed E-state index contributed by atoms with van der Waals surface area (Å²) in [6, 6.07) is 47.5. The van der Waals surface area contributed by atoms with Gasteiger partial charge in [0.15, 0.2) is 30.9 Å². The lowest BCUT2D eigenvalue weighted by atomic mass is 9.73. The first-order valence-electron chi connectivity index (χ1n) is 43.6. The molecule has 12 aromatic rings. The maximum absolute atomic E-state index is 12.1. The van der Waals surface area contributed by atoms with Crippen LogP contribution in [0.3, 0.4) is 0 Å². The van der Waals surface area contributed by atoms with Crippen molar-refractivity contribution in [2.24, 2.45) is 27.1 Å². The number of hydrogen-bond acceptors (Lipinski definition) is 23. The molecular weight excluding hydrogens is 1790 g/mol. The minimum Gasteiger partial charge on any atom is -0.507 e. The van der Waals surface area contributed by atoms with Gasteiger partial charge in [-0.05, 0) is 204 Å². The fourth-order valence-corrected chi connectivity index (χ4v) is 15.0. The number of nitrogens with two attached hydrogens (primary N) is 2. The highest BCUT2D eigenvalue weighted by Gasteiger charge is 2.31. The number of nitrogen functional groups attached to an aromatic ring is 2. The van der Waals surface area contributed by atoms with Crippen molar-refractivity contribution >= 4 is 185 Å². The Hall–Kier alpha value is -13.7. The Kier molecular flexibility index (Phi) is 41.5.